The van der Waals surface area contributed by atoms with Gasteiger partial charge in [-0.15, -0.1) is 24.0 Å². The van der Waals surface area contributed by atoms with Crippen LogP contribution in [-0.4, -0.2) is 23.7 Å². The van der Waals surface area contributed by atoms with E-state index in [2.05, 4.69) is 33.9 Å². The lowest BCUT2D eigenvalue weighted by Crippen LogP contribution is -2.22. The van der Waals surface area contributed by atoms with E-state index in [1.165, 1.54) is 17.8 Å². The lowest BCUT2D eigenvalue weighted by Gasteiger charge is -2.10. The molecule has 0 unspecified atom stereocenters. The SMILES string of the molecule is CC(C)c1cccc(NC(N)=NCc2ccc(OCC(F)(F)F)nc2)c1.I. The second-order valence-electron chi connectivity index (χ2n) is 6.02. The summed E-state index contributed by atoms with van der Waals surface area (Å²) in [6, 6.07) is 10.8. The number of guanidine groups is 1. The summed E-state index contributed by atoms with van der Waals surface area (Å²) in [6.45, 7) is 3.08. The molecule has 148 valence electrons. The van der Waals surface area contributed by atoms with Crippen LogP contribution in [0.25, 0.3) is 0 Å². The van der Waals surface area contributed by atoms with Crippen molar-refractivity contribution in [3.8, 4) is 5.88 Å². The Morgan fingerprint density at radius 3 is 2.59 bits per heavy atom. The number of nitrogens with two attached hydrogens (primary N) is 1. The molecule has 0 aliphatic rings. The minimum absolute atomic E-state index is 0. The molecule has 0 saturated carbocycles. The van der Waals surface area contributed by atoms with Crippen LogP contribution in [0.1, 0.15) is 30.9 Å². The summed E-state index contributed by atoms with van der Waals surface area (Å²) in [4.78, 5) is 8.02. The molecule has 0 spiro atoms. The number of aromatic nitrogens is 1. The summed E-state index contributed by atoms with van der Waals surface area (Å²) < 4.78 is 40.8. The Morgan fingerprint density at radius 2 is 2.00 bits per heavy atom. The third-order valence-corrected chi connectivity index (χ3v) is 3.44. The van der Waals surface area contributed by atoms with Crippen LogP contribution in [0.3, 0.4) is 0 Å². The Balaban J connectivity index is 0.00000364. The van der Waals surface area contributed by atoms with Crippen molar-refractivity contribution in [1.82, 2.24) is 4.98 Å². The van der Waals surface area contributed by atoms with Gasteiger partial charge >= 0.3 is 6.18 Å². The van der Waals surface area contributed by atoms with Crippen molar-refractivity contribution in [2.24, 2.45) is 10.7 Å². The van der Waals surface area contributed by atoms with Gasteiger partial charge in [0.05, 0.1) is 6.54 Å². The highest BCUT2D eigenvalue weighted by Crippen LogP contribution is 2.19. The van der Waals surface area contributed by atoms with Crippen LogP contribution in [0.15, 0.2) is 47.6 Å². The number of alkyl halides is 3. The normalized spacial score (nSPS) is 11.9. The van der Waals surface area contributed by atoms with Crippen LogP contribution in [0, 0.1) is 0 Å². The highest BCUT2D eigenvalue weighted by Gasteiger charge is 2.28. The number of nitrogens with one attached hydrogen (secondary N) is 1. The van der Waals surface area contributed by atoms with E-state index in [0.717, 1.165) is 5.69 Å². The van der Waals surface area contributed by atoms with Crippen LogP contribution in [0.4, 0.5) is 18.9 Å². The first-order chi connectivity index (χ1) is 12.2. The molecule has 0 saturated heterocycles. The van der Waals surface area contributed by atoms with E-state index in [0.29, 0.717) is 11.5 Å². The molecule has 0 radical (unpaired) electrons. The number of pyridine rings is 1. The summed E-state index contributed by atoms with van der Waals surface area (Å²) in [5.41, 5.74) is 8.59. The number of aliphatic imine (C=N–C) groups is 1. The number of ether oxygens (including phenoxy) is 1. The third-order valence-electron chi connectivity index (χ3n) is 3.44. The number of rotatable bonds is 6. The van der Waals surface area contributed by atoms with Crippen molar-refractivity contribution in [3.63, 3.8) is 0 Å². The lowest BCUT2D eigenvalue weighted by atomic mass is 10.0. The van der Waals surface area contributed by atoms with Crippen LogP contribution < -0.4 is 15.8 Å². The smallest absolute Gasteiger partial charge is 0.422 e. The predicted molar refractivity (Wildman–Crippen MR) is 111 cm³/mol. The molecule has 2 rings (SSSR count). The Morgan fingerprint density at radius 1 is 1.26 bits per heavy atom. The van der Waals surface area contributed by atoms with Gasteiger partial charge in [-0.3, -0.25) is 0 Å². The monoisotopic (exact) mass is 494 g/mol. The summed E-state index contributed by atoms with van der Waals surface area (Å²) in [5, 5.41) is 3.01. The minimum Gasteiger partial charge on any atom is -0.468 e. The maximum Gasteiger partial charge on any atom is 0.422 e. The highest BCUT2D eigenvalue weighted by molar-refractivity contribution is 14.0. The van der Waals surface area contributed by atoms with E-state index in [4.69, 9.17) is 5.73 Å². The van der Waals surface area contributed by atoms with E-state index in [1.807, 2.05) is 24.3 Å². The average Bonchev–Trinajstić information content (AvgIpc) is 2.58. The summed E-state index contributed by atoms with van der Waals surface area (Å²) in [7, 11) is 0. The molecule has 0 amide bonds. The molecule has 5 nitrogen and oxygen atoms in total. The highest BCUT2D eigenvalue weighted by atomic mass is 127. The summed E-state index contributed by atoms with van der Waals surface area (Å²) in [6.07, 6.45) is -2.99. The van der Waals surface area contributed by atoms with Gasteiger partial charge in [-0.2, -0.15) is 13.2 Å². The zero-order chi connectivity index (χ0) is 19.2. The van der Waals surface area contributed by atoms with E-state index in [-0.39, 0.29) is 42.4 Å². The zero-order valence-corrected chi connectivity index (χ0v) is 17.3. The first-order valence-corrected chi connectivity index (χ1v) is 8.04. The second kappa shape index (κ2) is 10.3. The van der Waals surface area contributed by atoms with E-state index < -0.39 is 12.8 Å². The Labute approximate surface area is 173 Å². The fourth-order valence-corrected chi connectivity index (χ4v) is 2.09. The first kappa shape index (κ1) is 23.0. The fourth-order valence-electron chi connectivity index (χ4n) is 2.09. The van der Waals surface area contributed by atoms with Gasteiger partial charge in [-0.1, -0.05) is 32.0 Å². The predicted octanol–water partition coefficient (Wildman–Crippen LogP) is 4.69. The summed E-state index contributed by atoms with van der Waals surface area (Å²) >= 11 is 0. The quantitative estimate of drug-likeness (QED) is 0.347. The van der Waals surface area contributed by atoms with Crippen molar-refractivity contribution in [1.29, 1.82) is 0 Å². The maximum atomic E-state index is 12.1. The number of hydrogen-bond donors (Lipinski definition) is 2. The van der Waals surface area contributed by atoms with E-state index in [1.54, 1.807) is 6.07 Å². The molecule has 2 aromatic rings. The minimum atomic E-state index is -4.39. The lowest BCUT2D eigenvalue weighted by molar-refractivity contribution is -0.154. The number of nitrogens with zero attached hydrogens (tertiary/aromatic N) is 2. The van der Waals surface area contributed by atoms with Gasteiger partial charge in [0.15, 0.2) is 12.6 Å². The molecule has 0 atom stereocenters. The zero-order valence-electron chi connectivity index (χ0n) is 15.0. The average molecular weight is 494 g/mol. The molecule has 1 aromatic heterocycles. The molecule has 0 bridgehead atoms. The number of benzene rings is 1. The van der Waals surface area contributed by atoms with Crippen molar-refractivity contribution >= 4 is 35.6 Å². The Bertz CT molecular complexity index is 749. The third kappa shape index (κ3) is 8.46. The molecular weight excluding hydrogens is 472 g/mol. The van der Waals surface area contributed by atoms with Gasteiger partial charge < -0.3 is 15.8 Å². The molecule has 0 aliphatic heterocycles. The Kier molecular flexibility index (Phi) is 8.80. The Hall–Kier alpha value is -2.04. The largest absolute Gasteiger partial charge is 0.468 e. The van der Waals surface area contributed by atoms with Crippen molar-refractivity contribution in [2.75, 3.05) is 11.9 Å². The number of halogens is 4. The molecule has 0 aliphatic carbocycles. The second-order valence-corrected chi connectivity index (χ2v) is 6.02. The molecule has 0 fully saturated rings. The first-order valence-electron chi connectivity index (χ1n) is 8.04. The van der Waals surface area contributed by atoms with Crippen molar-refractivity contribution in [2.45, 2.75) is 32.5 Å². The van der Waals surface area contributed by atoms with E-state index in [9.17, 15) is 13.2 Å². The van der Waals surface area contributed by atoms with E-state index >= 15 is 0 Å². The van der Waals surface area contributed by atoms with Gasteiger partial charge in [0, 0.05) is 18.0 Å². The fraction of sp³-hybridized carbons (Fsp3) is 0.333. The van der Waals surface area contributed by atoms with Gasteiger partial charge in [0.1, 0.15) is 0 Å². The van der Waals surface area contributed by atoms with Crippen LogP contribution in [0.2, 0.25) is 0 Å². The number of hydrogen-bond acceptors (Lipinski definition) is 3. The van der Waals surface area contributed by atoms with Crippen LogP contribution in [0.5, 0.6) is 5.88 Å². The van der Waals surface area contributed by atoms with Crippen molar-refractivity contribution < 1.29 is 17.9 Å². The topological polar surface area (TPSA) is 72.5 Å². The standard InChI is InChI=1S/C18H21F3N4O.HI/c1-12(2)14-4-3-5-15(8-14)25-17(22)24-10-13-6-7-16(23-9-13)26-11-18(19,20)21;/h3-9,12H,10-11H2,1-2H3,(H3,22,24,25);1H. The molecule has 1 aromatic carbocycles. The molecule has 27 heavy (non-hydrogen) atoms. The van der Waals surface area contributed by atoms with Crippen LogP contribution >= 0.6 is 24.0 Å². The number of anilines is 1. The molecular formula is C18H22F3IN4O. The molecule has 3 N–H and O–H groups in total. The molecule has 1 heterocycles. The van der Waals surface area contributed by atoms with Gasteiger partial charge in [0.25, 0.3) is 0 Å². The van der Waals surface area contributed by atoms with Gasteiger partial charge in [0.2, 0.25) is 5.88 Å². The summed E-state index contributed by atoms with van der Waals surface area (Å²) in [5.74, 6) is 0.550. The van der Waals surface area contributed by atoms with Crippen molar-refractivity contribution in [3.05, 3.63) is 53.7 Å². The van der Waals surface area contributed by atoms with Gasteiger partial charge in [-0.25, -0.2) is 9.98 Å². The maximum absolute atomic E-state index is 12.1. The van der Waals surface area contributed by atoms with Gasteiger partial charge in [-0.05, 0) is 29.2 Å². The van der Waals surface area contributed by atoms with Crippen LogP contribution in [-0.2, 0) is 6.54 Å². The molecule has 9 heteroatoms.